The fourth-order valence-corrected chi connectivity index (χ4v) is 3.78. The van der Waals surface area contributed by atoms with Crippen LogP contribution in [0, 0.1) is 0 Å². The summed E-state index contributed by atoms with van der Waals surface area (Å²) in [6.07, 6.45) is 2.61. The molecule has 0 bridgehead atoms. The highest BCUT2D eigenvalue weighted by Gasteiger charge is 2.32. The minimum Gasteiger partial charge on any atom is -0.375 e. The lowest BCUT2D eigenvalue weighted by molar-refractivity contribution is -0.0817. The van der Waals surface area contributed by atoms with Crippen LogP contribution in [0.25, 0.3) is 0 Å². The molecule has 0 aliphatic carbocycles. The largest absolute Gasteiger partial charge is 0.375 e. The monoisotopic (exact) mass is 488 g/mol. The van der Waals surface area contributed by atoms with Gasteiger partial charge in [0.1, 0.15) is 6.10 Å². The molecule has 27 heavy (non-hydrogen) atoms. The van der Waals surface area contributed by atoms with Gasteiger partial charge in [0.05, 0.1) is 18.8 Å². The zero-order valence-electron chi connectivity index (χ0n) is 16.6. The molecule has 2 heterocycles. The Morgan fingerprint density at radius 1 is 1.22 bits per heavy atom. The number of guanidine groups is 1. The Balaban J connectivity index is 0.00000261. The number of nitrogens with zero attached hydrogens (tertiary/aromatic N) is 3. The molecule has 3 atom stereocenters. The van der Waals surface area contributed by atoms with Crippen molar-refractivity contribution in [2.75, 3.05) is 54.0 Å². The Labute approximate surface area is 180 Å². The molecule has 0 spiro atoms. The van der Waals surface area contributed by atoms with Crippen LogP contribution >= 0.6 is 24.0 Å². The summed E-state index contributed by atoms with van der Waals surface area (Å²) in [5, 5.41) is 3.57. The van der Waals surface area contributed by atoms with Gasteiger partial charge in [-0.2, -0.15) is 0 Å². The summed E-state index contributed by atoms with van der Waals surface area (Å²) in [7, 11) is 6.08. The number of aliphatic imine (C=N–C) groups is 1. The maximum absolute atomic E-state index is 5.96. The van der Waals surface area contributed by atoms with Crippen molar-refractivity contribution >= 4 is 29.9 Å². The summed E-state index contributed by atoms with van der Waals surface area (Å²) < 4.78 is 11.8. The molecule has 7 heteroatoms. The van der Waals surface area contributed by atoms with E-state index in [0.717, 1.165) is 51.6 Å². The SMILES string of the molecule is CN=C(NCC(c1ccccc1)N(C)C)N1CCOC(C2CCCO2)C1.I. The molecule has 1 aromatic carbocycles. The maximum atomic E-state index is 5.96. The number of hydrogen-bond acceptors (Lipinski definition) is 4. The smallest absolute Gasteiger partial charge is 0.193 e. The van der Waals surface area contributed by atoms with Gasteiger partial charge < -0.3 is 24.6 Å². The minimum atomic E-state index is 0. The second-order valence-electron chi connectivity index (χ2n) is 7.22. The molecule has 6 nitrogen and oxygen atoms in total. The molecule has 2 saturated heterocycles. The zero-order valence-corrected chi connectivity index (χ0v) is 19.0. The Bertz CT molecular complexity index is 579. The van der Waals surface area contributed by atoms with Gasteiger partial charge in [0, 0.05) is 33.3 Å². The molecular weight excluding hydrogens is 455 g/mol. The number of likely N-dealkylation sites (N-methyl/N-ethyl adjacent to an activating group) is 1. The van der Waals surface area contributed by atoms with Gasteiger partial charge in [0.15, 0.2) is 5.96 Å². The van der Waals surface area contributed by atoms with Crippen LogP contribution < -0.4 is 5.32 Å². The van der Waals surface area contributed by atoms with E-state index in [1.54, 1.807) is 0 Å². The number of halogens is 1. The third-order valence-electron chi connectivity index (χ3n) is 5.25. The van der Waals surface area contributed by atoms with Gasteiger partial charge in [-0.15, -0.1) is 24.0 Å². The predicted octanol–water partition coefficient (Wildman–Crippen LogP) is 2.36. The van der Waals surface area contributed by atoms with E-state index in [2.05, 4.69) is 64.5 Å². The van der Waals surface area contributed by atoms with E-state index in [1.807, 2.05) is 7.05 Å². The molecule has 2 aliphatic heterocycles. The van der Waals surface area contributed by atoms with E-state index < -0.39 is 0 Å². The maximum Gasteiger partial charge on any atom is 0.193 e. The fourth-order valence-electron chi connectivity index (χ4n) is 3.78. The van der Waals surface area contributed by atoms with Crippen LogP contribution in [0.4, 0.5) is 0 Å². The van der Waals surface area contributed by atoms with Gasteiger partial charge in [-0.3, -0.25) is 4.99 Å². The highest BCUT2D eigenvalue weighted by molar-refractivity contribution is 14.0. The first-order valence-corrected chi connectivity index (χ1v) is 9.59. The van der Waals surface area contributed by atoms with Gasteiger partial charge in [0.25, 0.3) is 0 Å². The van der Waals surface area contributed by atoms with E-state index >= 15 is 0 Å². The van der Waals surface area contributed by atoms with E-state index in [0.29, 0.717) is 6.04 Å². The highest BCUT2D eigenvalue weighted by atomic mass is 127. The average molecular weight is 488 g/mol. The molecule has 152 valence electrons. The average Bonchev–Trinajstić information content (AvgIpc) is 3.21. The third-order valence-corrected chi connectivity index (χ3v) is 5.25. The van der Waals surface area contributed by atoms with E-state index in [-0.39, 0.29) is 36.2 Å². The first kappa shape index (κ1) is 22.4. The molecule has 2 fully saturated rings. The summed E-state index contributed by atoms with van der Waals surface area (Å²) >= 11 is 0. The number of benzene rings is 1. The molecular formula is C20H33IN4O2. The molecule has 1 N–H and O–H groups in total. The fraction of sp³-hybridized carbons (Fsp3) is 0.650. The summed E-state index contributed by atoms with van der Waals surface area (Å²) in [5.74, 6) is 0.944. The number of nitrogens with one attached hydrogen (secondary N) is 1. The highest BCUT2D eigenvalue weighted by Crippen LogP contribution is 2.21. The van der Waals surface area contributed by atoms with Crippen molar-refractivity contribution in [2.24, 2.45) is 4.99 Å². The van der Waals surface area contributed by atoms with Crippen LogP contribution in [0.2, 0.25) is 0 Å². The molecule has 3 unspecified atom stereocenters. The molecule has 0 amide bonds. The van der Waals surface area contributed by atoms with Crippen molar-refractivity contribution in [3.8, 4) is 0 Å². The summed E-state index contributed by atoms with van der Waals surface area (Å²) in [6, 6.07) is 10.9. The van der Waals surface area contributed by atoms with Crippen molar-refractivity contribution in [1.82, 2.24) is 15.1 Å². The molecule has 2 aliphatic rings. The van der Waals surface area contributed by atoms with Gasteiger partial charge >= 0.3 is 0 Å². The molecule has 0 saturated carbocycles. The number of rotatable bonds is 5. The Morgan fingerprint density at radius 2 is 1.96 bits per heavy atom. The van der Waals surface area contributed by atoms with E-state index in [9.17, 15) is 0 Å². The van der Waals surface area contributed by atoms with Crippen LogP contribution in [-0.4, -0.2) is 82.0 Å². The standard InChI is InChI=1S/C20H32N4O2.HI/c1-21-20(22-14-17(23(2)3)16-8-5-4-6-9-16)24-11-13-26-19(15-24)18-10-7-12-25-18;/h4-6,8-9,17-19H,7,10-15H2,1-3H3,(H,21,22);1H. The lowest BCUT2D eigenvalue weighted by Crippen LogP contribution is -2.54. The Hall–Kier alpha value is -0.900. The van der Waals surface area contributed by atoms with E-state index in [1.165, 1.54) is 5.56 Å². The van der Waals surface area contributed by atoms with Gasteiger partial charge in [-0.1, -0.05) is 30.3 Å². The number of ether oxygens (including phenoxy) is 2. The van der Waals surface area contributed by atoms with Crippen LogP contribution in [0.5, 0.6) is 0 Å². The topological polar surface area (TPSA) is 49.3 Å². The molecule has 0 aromatic heterocycles. The van der Waals surface area contributed by atoms with E-state index in [4.69, 9.17) is 9.47 Å². The second kappa shape index (κ2) is 11.2. The van der Waals surface area contributed by atoms with Crippen molar-refractivity contribution in [2.45, 2.75) is 31.1 Å². The first-order valence-electron chi connectivity index (χ1n) is 9.59. The van der Waals surface area contributed by atoms with Crippen molar-refractivity contribution in [1.29, 1.82) is 0 Å². The summed E-state index contributed by atoms with van der Waals surface area (Å²) in [6.45, 7) is 4.09. The summed E-state index contributed by atoms with van der Waals surface area (Å²) in [5.41, 5.74) is 1.31. The van der Waals surface area contributed by atoms with Gasteiger partial charge in [-0.05, 0) is 32.5 Å². The quantitative estimate of drug-likeness (QED) is 0.392. The van der Waals surface area contributed by atoms with Crippen molar-refractivity contribution < 1.29 is 9.47 Å². The third kappa shape index (κ3) is 6.04. The molecule has 3 rings (SSSR count). The lowest BCUT2D eigenvalue weighted by atomic mass is 10.1. The Kier molecular flexibility index (Phi) is 9.28. The number of morpholine rings is 1. The van der Waals surface area contributed by atoms with Crippen LogP contribution in [-0.2, 0) is 9.47 Å². The predicted molar refractivity (Wildman–Crippen MR) is 120 cm³/mol. The second-order valence-corrected chi connectivity index (χ2v) is 7.22. The van der Waals surface area contributed by atoms with Crippen molar-refractivity contribution in [3.05, 3.63) is 35.9 Å². The van der Waals surface area contributed by atoms with Gasteiger partial charge in [-0.25, -0.2) is 0 Å². The number of hydrogen-bond donors (Lipinski definition) is 1. The molecule has 0 radical (unpaired) electrons. The normalized spacial score (nSPS) is 24.6. The Morgan fingerprint density at radius 3 is 2.59 bits per heavy atom. The van der Waals surface area contributed by atoms with Crippen LogP contribution in [0.15, 0.2) is 35.3 Å². The van der Waals surface area contributed by atoms with Gasteiger partial charge in [0.2, 0.25) is 0 Å². The minimum absolute atomic E-state index is 0. The summed E-state index contributed by atoms with van der Waals surface area (Å²) in [4.78, 5) is 9.05. The van der Waals surface area contributed by atoms with Crippen LogP contribution in [0.1, 0.15) is 24.4 Å². The lowest BCUT2D eigenvalue weighted by Gasteiger charge is -2.37. The zero-order chi connectivity index (χ0) is 18.4. The van der Waals surface area contributed by atoms with Crippen LogP contribution in [0.3, 0.4) is 0 Å². The van der Waals surface area contributed by atoms with Crippen molar-refractivity contribution in [3.63, 3.8) is 0 Å². The molecule has 1 aromatic rings. The first-order chi connectivity index (χ1) is 12.7.